The van der Waals surface area contributed by atoms with E-state index >= 15 is 0 Å². The number of rotatable bonds is 5. The van der Waals surface area contributed by atoms with E-state index in [2.05, 4.69) is 10.0 Å². The molecule has 7 heteroatoms. The third-order valence-electron chi connectivity index (χ3n) is 3.90. The lowest BCUT2D eigenvalue weighted by Gasteiger charge is -2.15. The number of amides is 1. The fourth-order valence-corrected chi connectivity index (χ4v) is 3.87. The number of carbonyl (C=O) groups is 1. The van der Waals surface area contributed by atoms with E-state index in [4.69, 9.17) is 11.6 Å². The number of nitrogens with one attached hydrogen (secondary N) is 2. The number of hydrogen-bond acceptors (Lipinski definition) is 3. The molecule has 0 radical (unpaired) electrons. The van der Waals surface area contributed by atoms with Crippen LogP contribution in [0.15, 0.2) is 71.6 Å². The molecule has 5 nitrogen and oxygen atoms in total. The van der Waals surface area contributed by atoms with Gasteiger partial charge in [0.2, 0.25) is 15.9 Å². The van der Waals surface area contributed by atoms with Crippen molar-refractivity contribution >= 4 is 44.0 Å². The van der Waals surface area contributed by atoms with Crippen molar-refractivity contribution in [3.63, 3.8) is 0 Å². The molecule has 26 heavy (non-hydrogen) atoms. The van der Waals surface area contributed by atoms with Gasteiger partial charge in [-0.05, 0) is 42.6 Å². The summed E-state index contributed by atoms with van der Waals surface area (Å²) in [6.45, 7) is 1.49. The average Bonchev–Trinajstić information content (AvgIpc) is 2.62. The molecule has 0 aliphatic rings. The first kappa shape index (κ1) is 18.4. The number of sulfonamides is 1. The molecule has 0 aromatic heterocycles. The monoisotopic (exact) mass is 388 g/mol. The third-order valence-corrected chi connectivity index (χ3v) is 5.71. The van der Waals surface area contributed by atoms with Gasteiger partial charge in [-0.3, -0.25) is 4.79 Å². The van der Waals surface area contributed by atoms with Crippen molar-refractivity contribution in [3.8, 4) is 0 Å². The summed E-state index contributed by atoms with van der Waals surface area (Å²) in [6, 6.07) is 18.0. The maximum atomic E-state index is 12.5. The van der Waals surface area contributed by atoms with Crippen molar-refractivity contribution in [1.82, 2.24) is 4.72 Å². The number of hydrogen-bond donors (Lipinski definition) is 2. The number of halogens is 1. The number of carbonyl (C=O) groups excluding carboxylic acids is 1. The minimum atomic E-state index is -3.83. The number of fused-ring (bicyclic) bond motifs is 1. The van der Waals surface area contributed by atoms with Gasteiger partial charge in [-0.25, -0.2) is 8.42 Å². The Kier molecular flexibility index (Phi) is 5.27. The van der Waals surface area contributed by atoms with Crippen LogP contribution in [0.25, 0.3) is 10.8 Å². The van der Waals surface area contributed by atoms with E-state index in [0.29, 0.717) is 10.7 Å². The van der Waals surface area contributed by atoms with Crippen molar-refractivity contribution in [2.24, 2.45) is 0 Å². The van der Waals surface area contributed by atoms with E-state index in [9.17, 15) is 13.2 Å². The molecule has 0 heterocycles. The maximum Gasteiger partial charge on any atom is 0.242 e. The van der Waals surface area contributed by atoms with Crippen molar-refractivity contribution in [2.75, 3.05) is 5.32 Å². The van der Waals surface area contributed by atoms with Gasteiger partial charge in [0.25, 0.3) is 0 Å². The molecule has 1 atom stereocenters. The standard InChI is InChI=1S/C19H17ClN2O3S/c1-13(22-26(24,25)16-11-9-15(20)10-12-16)19(23)21-18-8-4-6-14-5-2-3-7-17(14)18/h2-13,22H,1H3,(H,21,23). The predicted molar refractivity (Wildman–Crippen MR) is 104 cm³/mol. The van der Waals surface area contributed by atoms with Crippen LogP contribution in [0.1, 0.15) is 6.92 Å². The molecule has 0 fully saturated rings. The van der Waals surface area contributed by atoms with Gasteiger partial charge in [0.05, 0.1) is 10.9 Å². The molecule has 0 spiro atoms. The molecule has 1 amide bonds. The van der Waals surface area contributed by atoms with E-state index < -0.39 is 22.0 Å². The second kappa shape index (κ2) is 7.45. The quantitative estimate of drug-likeness (QED) is 0.698. The van der Waals surface area contributed by atoms with E-state index in [0.717, 1.165) is 10.8 Å². The van der Waals surface area contributed by atoms with Crippen LogP contribution in [0.2, 0.25) is 5.02 Å². The highest BCUT2D eigenvalue weighted by atomic mass is 35.5. The minimum absolute atomic E-state index is 0.0479. The summed E-state index contributed by atoms with van der Waals surface area (Å²) in [4.78, 5) is 12.5. The zero-order valence-corrected chi connectivity index (χ0v) is 15.5. The molecule has 3 aromatic rings. The highest BCUT2D eigenvalue weighted by Crippen LogP contribution is 2.23. The Morgan fingerprint density at radius 1 is 0.962 bits per heavy atom. The van der Waals surface area contributed by atoms with Crippen molar-refractivity contribution in [3.05, 3.63) is 71.8 Å². The SMILES string of the molecule is CC(NS(=O)(=O)c1ccc(Cl)cc1)C(=O)Nc1cccc2ccccc12. The highest BCUT2D eigenvalue weighted by Gasteiger charge is 2.22. The van der Waals surface area contributed by atoms with Crippen molar-refractivity contribution < 1.29 is 13.2 Å². The first-order chi connectivity index (χ1) is 12.4. The van der Waals surface area contributed by atoms with E-state index in [1.807, 2.05) is 36.4 Å². The second-order valence-corrected chi connectivity index (χ2v) is 7.96. The molecule has 3 aromatic carbocycles. The third kappa shape index (κ3) is 4.04. The van der Waals surface area contributed by atoms with Gasteiger partial charge in [0, 0.05) is 16.1 Å². The van der Waals surface area contributed by atoms with Crippen LogP contribution in [0.5, 0.6) is 0 Å². The molecule has 0 saturated heterocycles. The topological polar surface area (TPSA) is 75.3 Å². The summed E-state index contributed by atoms with van der Waals surface area (Å²) < 4.78 is 27.2. The van der Waals surface area contributed by atoms with Crippen molar-refractivity contribution in [1.29, 1.82) is 0 Å². The maximum absolute atomic E-state index is 12.5. The van der Waals surface area contributed by atoms with E-state index in [1.54, 1.807) is 6.07 Å². The molecule has 0 bridgehead atoms. The molecule has 3 rings (SSSR count). The van der Waals surface area contributed by atoms with Gasteiger partial charge >= 0.3 is 0 Å². The number of benzene rings is 3. The van der Waals surface area contributed by atoms with Gasteiger partial charge < -0.3 is 5.32 Å². The minimum Gasteiger partial charge on any atom is -0.324 e. The summed E-state index contributed by atoms with van der Waals surface area (Å²) in [7, 11) is -3.83. The van der Waals surface area contributed by atoms with Crippen LogP contribution in [0.3, 0.4) is 0 Å². The molecule has 0 saturated carbocycles. The molecule has 2 N–H and O–H groups in total. The van der Waals surface area contributed by atoms with Gasteiger partial charge in [-0.15, -0.1) is 0 Å². The first-order valence-corrected chi connectivity index (χ1v) is 9.79. The molecule has 134 valence electrons. The summed E-state index contributed by atoms with van der Waals surface area (Å²) in [5.41, 5.74) is 0.630. The smallest absolute Gasteiger partial charge is 0.242 e. The zero-order valence-electron chi connectivity index (χ0n) is 13.9. The lowest BCUT2D eigenvalue weighted by atomic mass is 10.1. The molecular formula is C19H17ClN2O3S. The van der Waals surface area contributed by atoms with E-state index in [-0.39, 0.29) is 4.90 Å². The van der Waals surface area contributed by atoms with Crippen LogP contribution < -0.4 is 10.0 Å². The fourth-order valence-electron chi connectivity index (χ4n) is 2.54. The van der Waals surface area contributed by atoms with Crippen LogP contribution >= 0.6 is 11.6 Å². The van der Waals surface area contributed by atoms with Gasteiger partial charge in [-0.2, -0.15) is 4.72 Å². The van der Waals surface area contributed by atoms with Crippen LogP contribution in [-0.2, 0) is 14.8 Å². The fraction of sp³-hybridized carbons (Fsp3) is 0.105. The molecule has 1 unspecified atom stereocenters. The average molecular weight is 389 g/mol. The Labute approximate surface area is 157 Å². The van der Waals surface area contributed by atoms with E-state index in [1.165, 1.54) is 31.2 Å². The number of anilines is 1. The Morgan fingerprint density at radius 3 is 2.35 bits per heavy atom. The largest absolute Gasteiger partial charge is 0.324 e. The van der Waals surface area contributed by atoms with Crippen LogP contribution in [0, 0.1) is 0 Å². The summed E-state index contributed by atoms with van der Waals surface area (Å²) >= 11 is 5.78. The zero-order chi connectivity index (χ0) is 18.7. The molecule has 0 aliphatic heterocycles. The highest BCUT2D eigenvalue weighted by molar-refractivity contribution is 7.89. The Morgan fingerprint density at radius 2 is 1.62 bits per heavy atom. The van der Waals surface area contributed by atoms with Gasteiger partial charge in [0.1, 0.15) is 0 Å². The van der Waals surface area contributed by atoms with Gasteiger partial charge in [-0.1, -0.05) is 48.0 Å². The Bertz CT molecular complexity index is 1040. The second-order valence-electron chi connectivity index (χ2n) is 5.81. The first-order valence-electron chi connectivity index (χ1n) is 7.93. The lowest BCUT2D eigenvalue weighted by Crippen LogP contribution is -2.41. The lowest BCUT2D eigenvalue weighted by molar-refractivity contribution is -0.117. The Hall–Kier alpha value is -2.41. The predicted octanol–water partition coefficient (Wildman–Crippen LogP) is 3.80. The van der Waals surface area contributed by atoms with Gasteiger partial charge in [0.15, 0.2) is 0 Å². The van der Waals surface area contributed by atoms with Crippen LogP contribution in [-0.4, -0.2) is 20.4 Å². The molecule has 0 aliphatic carbocycles. The summed E-state index contributed by atoms with van der Waals surface area (Å²) in [5, 5.41) is 5.09. The van der Waals surface area contributed by atoms with Crippen LogP contribution in [0.4, 0.5) is 5.69 Å². The summed E-state index contributed by atoms with van der Waals surface area (Å²) in [6.07, 6.45) is 0. The Balaban J connectivity index is 1.76. The normalized spacial score (nSPS) is 12.7. The molecular weight excluding hydrogens is 372 g/mol. The summed E-state index contributed by atoms with van der Waals surface area (Å²) in [5.74, 6) is -0.445. The van der Waals surface area contributed by atoms with Crippen molar-refractivity contribution in [2.45, 2.75) is 17.9 Å².